The minimum absolute atomic E-state index is 1.22. The van der Waals surface area contributed by atoms with Crippen LogP contribution in [0.4, 0.5) is 0 Å². The SMILES string of the molecule is c1cc(-c2c3ccccc3c(-c3ccc(-c4ccc5sc6ccccc6c5c4)cc3)c3ccccc23)cc(-c2cc3ccc4ccccc4c3c3ccccc23)c1. The number of hydrogen-bond acceptors (Lipinski definition) is 1. The highest BCUT2D eigenvalue weighted by Crippen LogP contribution is 2.46. The maximum atomic E-state index is 2.41. The van der Waals surface area contributed by atoms with E-state index < -0.39 is 0 Å². The minimum atomic E-state index is 1.22. The van der Waals surface area contributed by atoms with Crippen molar-refractivity contribution < 1.29 is 0 Å². The first-order chi connectivity index (χ1) is 28.3. The summed E-state index contributed by atoms with van der Waals surface area (Å²) < 4.78 is 2.67. The van der Waals surface area contributed by atoms with Crippen LogP contribution < -0.4 is 0 Å². The molecule has 0 atom stereocenters. The van der Waals surface area contributed by atoms with Gasteiger partial charge in [-0.3, -0.25) is 0 Å². The maximum Gasteiger partial charge on any atom is 0.0355 e. The summed E-state index contributed by atoms with van der Waals surface area (Å²) in [5.41, 5.74) is 9.95. The van der Waals surface area contributed by atoms with E-state index in [1.165, 1.54) is 119 Å². The Morgan fingerprint density at radius 2 is 0.772 bits per heavy atom. The van der Waals surface area contributed by atoms with E-state index in [-0.39, 0.29) is 0 Å². The number of fused-ring (bicyclic) bond motifs is 10. The van der Waals surface area contributed by atoms with E-state index in [2.05, 4.69) is 206 Å². The molecule has 0 amide bonds. The Bertz CT molecular complexity index is 3510. The van der Waals surface area contributed by atoms with Crippen LogP contribution in [0.3, 0.4) is 0 Å². The van der Waals surface area contributed by atoms with Crippen LogP contribution in [-0.4, -0.2) is 0 Å². The molecule has 12 aromatic rings. The highest BCUT2D eigenvalue weighted by molar-refractivity contribution is 7.25. The molecule has 0 N–H and O–H groups in total. The first-order valence-corrected chi connectivity index (χ1v) is 20.5. The summed E-state index contributed by atoms with van der Waals surface area (Å²) in [5.74, 6) is 0. The summed E-state index contributed by atoms with van der Waals surface area (Å²) in [6.45, 7) is 0. The number of hydrogen-bond donors (Lipinski definition) is 0. The molecule has 0 saturated heterocycles. The van der Waals surface area contributed by atoms with E-state index in [0.717, 1.165) is 0 Å². The van der Waals surface area contributed by atoms with Gasteiger partial charge in [-0.25, -0.2) is 0 Å². The third-order valence-electron chi connectivity index (χ3n) is 12.0. The number of benzene rings is 11. The van der Waals surface area contributed by atoms with Gasteiger partial charge in [0, 0.05) is 20.2 Å². The molecule has 57 heavy (non-hydrogen) atoms. The smallest absolute Gasteiger partial charge is 0.0355 e. The molecular weight excluding hydrogens is 705 g/mol. The van der Waals surface area contributed by atoms with Crippen molar-refractivity contribution in [1.82, 2.24) is 0 Å². The van der Waals surface area contributed by atoms with E-state index in [1.807, 2.05) is 11.3 Å². The van der Waals surface area contributed by atoms with E-state index in [1.54, 1.807) is 0 Å². The van der Waals surface area contributed by atoms with Crippen molar-refractivity contribution in [3.63, 3.8) is 0 Å². The Balaban J connectivity index is 1.02. The summed E-state index contributed by atoms with van der Waals surface area (Å²) >= 11 is 1.87. The van der Waals surface area contributed by atoms with Crippen molar-refractivity contribution in [3.05, 3.63) is 206 Å². The van der Waals surface area contributed by atoms with Gasteiger partial charge in [-0.2, -0.15) is 0 Å². The molecule has 0 saturated carbocycles. The third-order valence-corrected chi connectivity index (χ3v) is 13.2. The second-order valence-corrected chi connectivity index (χ2v) is 16.2. The van der Waals surface area contributed by atoms with Gasteiger partial charge in [-0.05, 0) is 129 Å². The topological polar surface area (TPSA) is 0 Å². The molecular formula is C56H34S. The highest BCUT2D eigenvalue weighted by atomic mass is 32.1. The molecule has 0 nitrogen and oxygen atoms in total. The summed E-state index contributed by atoms with van der Waals surface area (Å²) in [7, 11) is 0. The Morgan fingerprint density at radius 3 is 1.51 bits per heavy atom. The van der Waals surface area contributed by atoms with E-state index in [9.17, 15) is 0 Å². The van der Waals surface area contributed by atoms with E-state index in [0.29, 0.717) is 0 Å². The number of rotatable bonds is 4. The quantitative estimate of drug-likeness (QED) is 0.125. The van der Waals surface area contributed by atoms with E-state index >= 15 is 0 Å². The molecule has 0 unspecified atom stereocenters. The molecule has 0 aliphatic heterocycles. The molecule has 0 spiro atoms. The first kappa shape index (κ1) is 32.2. The molecule has 0 bridgehead atoms. The lowest BCUT2D eigenvalue weighted by Crippen LogP contribution is -1.92. The van der Waals surface area contributed by atoms with Crippen LogP contribution in [0.25, 0.3) is 119 Å². The molecule has 12 rings (SSSR count). The van der Waals surface area contributed by atoms with Gasteiger partial charge in [-0.1, -0.05) is 176 Å². The van der Waals surface area contributed by atoms with Gasteiger partial charge >= 0.3 is 0 Å². The normalized spacial score (nSPS) is 11.9. The van der Waals surface area contributed by atoms with Crippen LogP contribution in [0.2, 0.25) is 0 Å². The molecule has 11 aromatic carbocycles. The zero-order chi connectivity index (χ0) is 37.5. The predicted molar refractivity (Wildman–Crippen MR) is 249 cm³/mol. The standard InChI is InChI=1S/C56H34S/c1-2-15-42-36(12-1)26-29-41-34-50(43-16-3-4-18-45(43)55(41)42)39-13-11-14-40(32-39)56-48-21-7-5-19-46(48)54(47-20-6-8-22-49(47)56)37-27-24-35(25-28-37)38-30-31-53-51(33-38)44-17-9-10-23-52(44)57-53/h1-34H. The Kier molecular flexibility index (Phi) is 7.20. The van der Waals surface area contributed by atoms with Crippen molar-refractivity contribution in [2.24, 2.45) is 0 Å². The monoisotopic (exact) mass is 738 g/mol. The fourth-order valence-electron chi connectivity index (χ4n) is 9.45. The predicted octanol–water partition coefficient (Wildman–Crippen LogP) is 16.5. The van der Waals surface area contributed by atoms with Crippen molar-refractivity contribution in [3.8, 4) is 44.5 Å². The zero-order valence-electron chi connectivity index (χ0n) is 31.0. The van der Waals surface area contributed by atoms with Crippen LogP contribution in [0.5, 0.6) is 0 Å². The fourth-order valence-corrected chi connectivity index (χ4v) is 10.5. The Hall–Kier alpha value is -7.06. The molecule has 0 radical (unpaired) electrons. The van der Waals surface area contributed by atoms with Crippen molar-refractivity contribution in [1.29, 1.82) is 0 Å². The zero-order valence-corrected chi connectivity index (χ0v) is 31.9. The van der Waals surface area contributed by atoms with Gasteiger partial charge < -0.3 is 0 Å². The van der Waals surface area contributed by atoms with Gasteiger partial charge in [0.2, 0.25) is 0 Å². The second-order valence-electron chi connectivity index (χ2n) is 15.2. The van der Waals surface area contributed by atoms with Gasteiger partial charge in [0.25, 0.3) is 0 Å². The second kappa shape index (κ2) is 12.7. The summed E-state index contributed by atoms with van der Waals surface area (Å²) in [6, 6.07) is 76.6. The van der Waals surface area contributed by atoms with Gasteiger partial charge in [0.05, 0.1) is 0 Å². The molecule has 1 aromatic heterocycles. The lowest BCUT2D eigenvalue weighted by molar-refractivity contribution is 1.63. The summed E-state index contributed by atoms with van der Waals surface area (Å²) in [4.78, 5) is 0. The van der Waals surface area contributed by atoms with Crippen LogP contribution in [0.1, 0.15) is 0 Å². The Morgan fingerprint density at radius 1 is 0.246 bits per heavy atom. The van der Waals surface area contributed by atoms with Crippen LogP contribution >= 0.6 is 11.3 Å². The average molecular weight is 739 g/mol. The lowest BCUT2D eigenvalue weighted by Gasteiger charge is -2.19. The molecule has 1 heteroatoms. The molecule has 0 aliphatic carbocycles. The van der Waals surface area contributed by atoms with Crippen molar-refractivity contribution in [2.75, 3.05) is 0 Å². The molecule has 0 aliphatic rings. The largest absolute Gasteiger partial charge is 0.135 e. The summed E-state index contributed by atoms with van der Waals surface area (Å²) in [6.07, 6.45) is 0. The maximum absolute atomic E-state index is 2.41. The van der Waals surface area contributed by atoms with Crippen LogP contribution in [0, 0.1) is 0 Å². The van der Waals surface area contributed by atoms with Crippen molar-refractivity contribution >= 4 is 85.4 Å². The number of thiophene rings is 1. The fraction of sp³-hybridized carbons (Fsp3) is 0. The lowest BCUT2D eigenvalue weighted by atomic mass is 9.84. The summed E-state index contributed by atoms with van der Waals surface area (Å²) in [5, 5.41) is 15.4. The minimum Gasteiger partial charge on any atom is -0.135 e. The molecule has 264 valence electrons. The van der Waals surface area contributed by atoms with Crippen LogP contribution in [-0.2, 0) is 0 Å². The molecule has 0 fully saturated rings. The Labute approximate surface area is 334 Å². The van der Waals surface area contributed by atoms with Crippen molar-refractivity contribution in [2.45, 2.75) is 0 Å². The van der Waals surface area contributed by atoms with Gasteiger partial charge in [-0.15, -0.1) is 11.3 Å². The highest BCUT2D eigenvalue weighted by Gasteiger charge is 2.18. The average Bonchev–Trinajstić information content (AvgIpc) is 3.66. The first-order valence-electron chi connectivity index (χ1n) is 19.7. The van der Waals surface area contributed by atoms with E-state index in [4.69, 9.17) is 0 Å². The molecule has 1 heterocycles. The third kappa shape index (κ3) is 5.06. The van der Waals surface area contributed by atoms with Gasteiger partial charge in [0.15, 0.2) is 0 Å². The van der Waals surface area contributed by atoms with Gasteiger partial charge in [0.1, 0.15) is 0 Å². The van der Waals surface area contributed by atoms with Crippen LogP contribution in [0.15, 0.2) is 206 Å².